The summed E-state index contributed by atoms with van der Waals surface area (Å²) in [7, 11) is 0. The van der Waals surface area contributed by atoms with Crippen molar-refractivity contribution in [2.45, 2.75) is 45.2 Å². The number of halogens is 2. The predicted molar refractivity (Wildman–Crippen MR) is 82.6 cm³/mol. The van der Waals surface area contributed by atoms with Crippen LogP contribution in [0.4, 0.5) is 4.39 Å². The molecule has 0 radical (unpaired) electrons. The van der Waals surface area contributed by atoms with Gasteiger partial charge in [-0.25, -0.2) is 4.39 Å². The van der Waals surface area contributed by atoms with Gasteiger partial charge in [0.05, 0.1) is 5.02 Å². The highest BCUT2D eigenvalue weighted by Crippen LogP contribution is 2.17. The molecule has 1 aromatic rings. The average molecular weight is 299 g/mol. The summed E-state index contributed by atoms with van der Waals surface area (Å²) in [5.41, 5.74) is 1.05. The summed E-state index contributed by atoms with van der Waals surface area (Å²) >= 11 is 5.81. The van der Waals surface area contributed by atoms with Gasteiger partial charge in [0.15, 0.2) is 0 Å². The van der Waals surface area contributed by atoms with Crippen LogP contribution in [0, 0.1) is 5.82 Å². The Labute approximate surface area is 126 Å². The fourth-order valence-corrected chi connectivity index (χ4v) is 3.01. The Morgan fingerprint density at radius 3 is 2.95 bits per heavy atom. The molecule has 0 amide bonds. The van der Waals surface area contributed by atoms with Crippen LogP contribution < -0.4 is 5.32 Å². The zero-order chi connectivity index (χ0) is 14.4. The predicted octanol–water partition coefficient (Wildman–Crippen LogP) is 3.83. The number of rotatable bonds is 5. The van der Waals surface area contributed by atoms with Gasteiger partial charge in [0.25, 0.3) is 0 Å². The third-order valence-corrected chi connectivity index (χ3v) is 4.23. The van der Waals surface area contributed by atoms with Crippen LogP contribution >= 0.6 is 11.6 Å². The minimum atomic E-state index is -0.347. The molecule has 1 aliphatic rings. The fourth-order valence-electron chi connectivity index (χ4n) is 2.81. The fraction of sp³-hybridized carbons (Fsp3) is 0.625. The molecule has 0 spiro atoms. The molecule has 0 aromatic heterocycles. The molecule has 1 aromatic carbocycles. The first-order chi connectivity index (χ1) is 9.69. The third-order valence-electron chi connectivity index (χ3n) is 3.94. The van der Waals surface area contributed by atoms with Crippen LogP contribution in [0.25, 0.3) is 0 Å². The third kappa shape index (κ3) is 4.72. The summed E-state index contributed by atoms with van der Waals surface area (Å²) in [6.07, 6.45) is 4.89. The SMILES string of the molecule is CCCN1CCCC(NCc2ccc(F)c(Cl)c2)CC1. The minimum Gasteiger partial charge on any atom is -0.310 e. The van der Waals surface area contributed by atoms with Crippen LogP contribution in [-0.2, 0) is 6.54 Å². The van der Waals surface area contributed by atoms with Crippen molar-refractivity contribution in [1.29, 1.82) is 0 Å². The van der Waals surface area contributed by atoms with Crippen molar-refractivity contribution in [2.24, 2.45) is 0 Å². The lowest BCUT2D eigenvalue weighted by atomic mass is 10.1. The van der Waals surface area contributed by atoms with Crippen LogP contribution in [0.5, 0.6) is 0 Å². The molecule has 1 saturated heterocycles. The van der Waals surface area contributed by atoms with E-state index in [1.54, 1.807) is 12.1 Å². The van der Waals surface area contributed by atoms with E-state index in [1.165, 1.54) is 51.4 Å². The second kappa shape index (κ2) is 7.96. The number of hydrogen-bond donors (Lipinski definition) is 1. The van der Waals surface area contributed by atoms with Gasteiger partial charge in [-0.05, 0) is 63.0 Å². The molecule has 1 atom stereocenters. The molecule has 1 fully saturated rings. The van der Waals surface area contributed by atoms with E-state index in [4.69, 9.17) is 11.6 Å². The maximum atomic E-state index is 13.1. The molecule has 112 valence electrons. The molecule has 1 heterocycles. The lowest BCUT2D eigenvalue weighted by Crippen LogP contribution is -2.30. The monoisotopic (exact) mass is 298 g/mol. The Bertz CT molecular complexity index is 425. The lowest BCUT2D eigenvalue weighted by Gasteiger charge is -2.19. The van der Waals surface area contributed by atoms with Gasteiger partial charge in [0.2, 0.25) is 0 Å². The lowest BCUT2D eigenvalue weighted by molar-refractivity contribution is 0.282. The van der Waals surface area contributed by atoms with Crippen molar-refractivity contribution in [3.05, 3.63) is 34.6 Å². The highest BCUT2D eigenvalue weighted by Gasteiger charge is 2.16. The maximum Gasteiger partial charge on any atom is 0.141 e. The topological polar surface area (TPSA) is 15.3 Å². The first-order valence-corrected chi connectivity index (χ1v) is 7.96. The van der Waals surface area contributed by atoms with Crippen molar-refractivity contribution in [1.82, 2.24) is 10.2 Å². The number of likely N-dealkylation sites (tertiary alicyclic amines) is 1. The van der Waals surface area contributed by atoms with Gasteiger partial charge in [-0.3, -0.25) is 0 Å². The second-order valence-electron chi connectivity index (χ2n) is 5.60. The van der Waals surface area contributed by atoms with E-state index in [0.717, 1.165) is 12.1 Å². The Morgan fingerprint density at radius 1 is 1.35 bits per heavy atom. The minimum absolute atomic E-state index is 0.208. The molecule has 1 aliphatic heterocycles. The average Bonchev–Trinajstić information content (AvgIpc) is 2.66. The van der Waals surface area contributed by atoms with E-state index < -0.39 is 0 Å². The van der Waals surface area contributed by atoms with Crippen LogP contribution in [0.3, 0.4) is 0 Å². The van der Waals surface area contributed by atoms with Crippen molar-refractivity contribution in [3.8, 4) is 0 Å². The van der Waals surface area contributed by atoms with Crippen LogP contribution in [0.1, 0.15) is 38.2 Å². The number of nitrogens with one attached hydrogen (secondary N) is 1. The Balaban J connectivity index is 1.80. The van der Waals surface area contributed by atoms with Crippen molar-refractivity contribution in [2.75, 3.05) is 19.6 Å². The number of benzene rings is 1. The largest absolute Gasteiger partial charge is 0.310 e. The van der Waals surface area contributed by atoms with Gasteiger partial charge < -0.3 is 10.2 Å². The summed E-state index contributed by atoms with van der Waals surface area (Å²) in [4.78, 5) is 2.55. The highest BCUT2D eigenvalue weighted by molar-refractivity contribution is 6.30. The van der Waals surface area contributed by atoms with E-state index in [1.807, 2.05) is 0 Å². The zero-order valence-corrected chi connectivity index (χ0v) is 12.9. The normalized spacial score (nSPS) is 20.9. The van der Waals surface area contributed by atoms with E-state index >= 15 is 0 Å². The molecular weight excluding hydrogens is 275 g/mol. The Hall–Kier alpha value is -0.640. The molecule has 2 nitrogen and oxygen atoms in total. The molecule has 1 N–H and O–H groups in total. The van der Waals surface area contributed by atoms with Crippen molar-refractivity contribution < 1.29 is 4.39 Å². The Kier molecular flexibility index (Phi) is 6.27. The Morgan fingerprint density at radius 2 is 2.20 bits per heavy atom. The summed E-state index contributed by atoms with van der Waals surface area (Å²) in [5, 5.41) is 3.79. The van der Waals surface area contributed by atoms with Gasteiger partial charge in [-0.1, -0.05) is 24.6 Å². The summed E-state index contributed by atoms with van der Waals surface area (Å²) in [6, 6.07) is 5.51. The quantitative estimate of drug-likeness (QED) is 0.889. The van der Waals surface area contributed by atoms with Gasteiger partial charge in [0.1, 0.15) is 5.82 Å². The standard InChI is InChI=1S/C16H24ClFN2/c1-2-8-20-9-3-4-14(7-10-20)19-12-13-5-6-16(18)15(17)11-13/h5-6,11,14,19H,2-4,7-10,12H2,1H3. The first kappa shape index (κ1) is 15.7. The molecule has 1 unspecified atom stereocenters. The van der Waals surface area contributed by atoms with Gasteiger partial charge >= 0.3 is 0 Å². The molecule has 0 aliphatic carbocycles. The van der Waals surface area contributed by atoms with E-state index in [2.05, 4.69) is 17.1 Å². The number of nitrogens with zero attached hydrogens (tertiary/aromatic N) is 1. The molecule has 0 saturated carbocycles. The maximum absolute atomic E-state index is 13.1. The van der Waals surface area contributed by atoms with Crippen LogP contribution in [0.15, 0.2) is 18.2 Å². The van der Waals surface area contributed by atoms with Gasteiger partial charge in [0, 0.05) is 12.6 Å². The molecule has 0 bridgehead atoms. The van der Waals surface area contributed by atoms with E-state index in [-0.39, 0.29) is 10.8 Å². The van der Waals surface area contributed by atoms with E-state index in [9.17, 15) is 4.39 Å². The molecule has 4 heteroatoms. The van der Waals surface area contributed by atoms with Gasteiger partial charge in [-0.15, -0.1) is 0 Å². The smallest absolute Gasteiger partial charge is 0.141 e. The molecular formula is C16H24ClFN2. The van der Waals surface area contributed by atoms with Crippen LogP contribution in [0.2, 0.25) is 5.02 Å². The number of hydrogen-bond acceptors (Lipinski definition) is 2. The van der Waals surface area contributed by atoms with Crippen molar-refractivity contribution in [3.63, 3.8) is 0 Å². The second-order valence-corrected chi connectivity index (χ2v) is 6.01. The molecule has 20 heavy (non-hydrogen) atoms. The first-order valence-electron chi connectivity index (χ1n) is 7.58. The van der Waals surface area contributed by atoms with Gasteiger partial charge in [-0.2, -0.15) is 0 Å². The molecule has 2 rings (SSSR count). The highest BCUT2D eigenvalue weighted by atomic mass is 35.5. The summed E-state index contributed by atoms with van der Waals surface area (Å²) in [5.74, 6) is -0.347. The van der Waals surface area contributed by atoms with Crippen molar-refractivity contribution >= 4 is 11.6 Å². The zero-order valence-electron chi connectivity index (χ0n) is 12.2. The summed E-state index contributed by atoms with van der Waals surface area (Å²) in [6.45, 7) is 6.60. The van der Waals surface area contributed by atoms with Crippen LogP contribution in [-0.4, -0.2) is 30.6 Å². The summed E-state index contributed by atoms with van der Waals surface area (Å²) < 4.78 is 13.1. The van der Waals surface area contributed by atoms with E-state index in [0.29, 0.717) is 6.04 Å².